The molecule has 0 fully saturated rings. The molecule has 0 radical (unpaired) electrons. The second-order valence-electron chi connectivity index (χ2n) is 6.02. The summed E-state index contributed by atoms with van der Waals surface area (Å²) in [6, 6.07) is 0. The Hall–Kier alpha value is -1.48. The van der Waals surface area contributed by atoms with E-state index in [4.69, 9.17) is 4.74 Å². The normalized spacial score (nSPS) is 14.4. The van der Waals surface area contributed by atoms with Crippen molar-refractivity contribution in [2.24, 2.45) is 11.3 Å². The summed E-state index contributed by atoms with van der Waals surface area (Å²) in [5.74, 6) is -7.52. The fourth-order valence-corrected chi connectivity index (χ4v) is 1.90. The summed E-state index contributed by atoms with van der Waals surface area (Å²) in [5, 5.41) is 0. The van der Waals surface area contributed by atoms with Gasteiger partial charge in [0.15, 0.2) is 12.0 Å². The molecule has 0 aliphatic rings. The minimum absolute atomic E-state index is 0.0371. The topological polar surface area (TPSA) is 52.6 Å². The molecule has 0 saturated carbocycles. The molecule has 1 unspecified atom stereocenters. The first kappa shape index (κ1) is 23.5. The van der Waals surface area contributed by atoms with E-state index in [1.807, 2.05) is 0 Å². The largest absolute Gasteiger partial charge is 0.465 e. The number of hydrogen-bond donors (Lipinski definition) is 0. The minimum atomic E-state index is -5.81. The van der Waals surface area contributed by atoms with Crippen molar-refractivity contribution < 1.29 is 45.4 Å². The number of esters is 2. The SMILES string of the molecule is CCC(CC)(C(=O)OCC(C)C)C(=O)OCC(F)(F)C(F)C(F)(F)F. The first-order valence-corrected chi connectivity index (χ1v) is 7.67. The molecule has 148 valence electrons. The average Bonchev–Trinajstić information content (AvgIpc) is 2.51. The van der Waals surface area contributed by atoms with Crippen LogP contribution in [0.15, 0.2) is 0 Å². The Morgan fingerprint density at radius 2 is 1.36 bits per heavy atom. The van der Waals surface area contributed by atoms with Crippen molar-refractivity contribution in [3.8, 4) is 0 Å². The Bertz CT molecular complexity index is 457. The molecule has 10 heteroatoms. The van der Waals surface area contributed by atoms with Crippen LogP contribution >= 0.6 is 0 Å². The van der Waals surface area contributed by atoms with Gasteiger partial charge >= 0.3 is 24.0 Å². The maximum atomic E-state index is 13.2. The van der Waals surface area contributed by atoms with E-state index in [0.717, 1.165) is 0 Å². The van der Waals surface area contributed by atoms with Crippen molar-refractivity contribution in [3.05, 3.63) is 0 Å². The third-order valence-corrected chi connectivity index (χ3v) is 3.59. The van der Waals surface area contributed by atoms with E-state index in [1.54, 1.807) is 13.8 Å². The van der Waals surface area contributed by atoms with Gasteiger partial charge in [0.05, 0.1) is 6.61 Å². The van der Waals surface area contributed by atoms with Gasteiger partial charge in [0.1, 0.15) is 0 Å². The Balaban J connectivity index is 5.16. The van der Waals surface area contributed by atoms with Gasteiger partial charge in [0.2, 0.25) is 0 Å². The number of carbonyl (C=O) groups excluding carboxylic acids is 2. The van der Waals surface area contributed by atoms with Gasteiger partial charge in [0, 0.05) is 0 Å². The van der Waals surface area contributed by atoms with Gasteiger partial charge in [-0.05, 0) is 18.8 Å². The molecule has 4 nitrogen and oxygen atoms in total. The average molecular weight is 380 g/mol. The predicted octanol–water partition coefficient (Wildman–Crippen LogP) is 4.07. The van der Waals surface area contributed by atoms with Crippen molar-refractivity contribution in [1.82, 2.24) is 0 Å². The summed E-state index contributed by atoms with van der Waals surface area (Å²) in [4.78, 5) is 24.2. The van der Waals surface area contributed by atoms with E-state index in [1.165, 1.54) is 13.8 Å². The summed E-state index contributed by atoms with van der Waals surface area (Å²) < 4.78 is 84.6. The summed E-state index contributed by atoms with van der Waals surface area (Å²) in [6.45, 7) is 4.07. The Morgan fingerprint density at radius 3 is 1.72 bits per heavy atom. The van der Waals surface area contributed by atoms with Crippen LogP contribution in [-0.4, -0.2) is 43.4 Å². The highest BCUT2D eigenvalue weighted by Gasteiger charge is 2.58. The third kappa shape index (κ3) is 6.07. The molecular weight excluding hydrogens is 358 g/mol. The monoisotopic (exact) mass is 380 g/mol. The van der Waals surface area contributed by atoms with E-state index < -0.39 is 42.2 Å². The van der Waals surface area contributed by atoms with Crippen LogP contribution in [0.1, 0.15) is 40.5 Å². The second-order valence-corrected chi connectivity index (χ2v) is 6.02. The molecule has 0 rings (SSSR count). The molecule has 0 bridgehead atoms. The molecule has 0 heterocycles. The molecule has 0 aliphatic carbocycles. The first-order valence-electron chi connectivity index (χ1n) is 7.67. The summed E-state index contributed by atoms with van der Waals surface area (Å²) in [7, 11) is 0. The predicted molar refractivity (Wildman–Crippen MR) is 75.7 cm³/mol. The molecular formula is C15H22F6O4. The van der Waals surface area contributed by atoms with Crippen LogP contribution in [0, 0.1) is 11.3 Å². The lowest BCUT2D eigenvalue weighted by Crippen LogP contribution is -2.47. The Morgan fingerprint density at radius 1 is 0.920 bits per heavy atom. The fourth-order valence-electron chi connectivity index (χ4n) is 1.90. The molecule has 0 aromatic carbocycles. The Kier molecular flexibility index (Phi) is 8.23. The third-order valence-electron chi connectivity index (χ3n) is 3.59. The van der Waals surface area contributed by atoms with Crippen LogP contribution in [0.25, 0.3) is 0 Å². The summed E-state index contributed by atoms with van der Waals surface area (Å²) in [6.07, 6.45) is -10.6. The zero-order valence-electron chi connectivity index (χ0n) is 14.4. The zero-order valence-corrected chi connectivity index (χ0v) is 14.4. The van der Waals surface area contributed by atoms with Gasteiger partial charge in [-0.25, -0.2) is 4.39 Å². The molecule has 0 aliphatic heterocycles. The lowest BCUT2D eigenvalue weighted by Gasteiger charge is -2.29. The first-order chi connectivity index (χ1) is 11.2. The molecule has 0 N–H and O–H groups in total. The van der Waals surface area contributed by atoms with Crippen molar-refractivity contribution in [3.63, 3.8) is 0 Å². The van der Waals surface area contributed by atoms with E-state index in [0.29, 0.717) is 0 Å². The maximum absolute atomic E-state index is 13.2. The van der Waals surface area contributed by atoms with Crippen LogP contribution in [0.4, 0.5) is 26.3 Å². The molecule has 1 atom stereocenters. The van der Waals surface area contributed by atoms with Crippen molar-refractivity contribution in [1.29, 1.82) is 0 Å². The number of rotatable bonds is 9. The summed E-state index contributed by atoms with van der Waals surface area (Å²) in [5.41, 5.74) is -1.94. The lowest BCUT2D eigenvalue weighted by molar-refractivity contribution is -0.255. The highest BCUT2D eigenvalue weighted by atomic mass is 19.4. The number of hydrogen-bond acceptors (Lipinski definition) is 4. The number of halogens is 6. The molecule has 0 saturated heterocycles. The lowest BCUT2D eigenvalue weighted by atomic mass is 9.82. The van der Waals surface area contributed by atoms with E-state index in [2.05, 4.69) is 4.74 Å². The number of alkyl halides is 6. The zero-order chi connectivity index (χ0) is 20.1. The molecule has 0 aromatic heterocycles. The van der Waals surface area contributed by atoms with Gasteiger partial charge in [-0.2, -0.15) is 22.0 Å². The minimum Gasteiger partial charge on any atom is -0.465 e. The van der Waals surface area contributed by atoms with Gasteiger partial charge in [-0.1, -0.05) is 27.7 Å². The molecule has 0 amide bonds. The molecule has 0 aromatic rings. The number of carbonyl (C=O) groups is 2. The highest BCUT2D eigenvalue weighted by Crippen LogP contribution is 2.36. The van der Waals surface area contributed by atoms with E-state index in [9.17, 15) is 35.9 Å². The highest BCUT2D eigenvalue weighted by molar-refractivity contribution is 6.00. The van der Waals surface area contributed by atoms with Gasteiger partial charge < -0.3 is 9.47 Å². The van der Waals surface area contributed by atoms with Crippen LogP contribution in [-0.2, 0) is 19.1 Å². The standard InChI is InChI=1S/C15H22F6O4/c1-5-13(6-2,11(22)24-7-9(3)4)12(23)25-8-14(17,18)10(16)15(19,20)21/h9-10H,5-8H2,1-4H3. The summed E-state index contributed by atoms with van der Waals surface area (Å²) >= 11 is 0. The quantitative estimate of drug-likeness (QED) is 0.344. The second kappa shape index (κ2) is 8.75. The van der Waals surface area contributed by atoms with E-state index >= 15 is 0 Å². The van der Waals surface area contributed by atoms with Crippen LogP contribution in [0.2, 0.25) is 0 Å². The van der Waals surface area contributed by atoms with Crippen LogP contribution < -0.4 is 0 Å². The maximum Gasteiger partial charge on any atom is 0.425 e. The fraction of sp³-hybridized carbons (Fsp3) is 0.867. The van der Waals surface area contributed by atoms with E-state index in [-0.39, 0.29) is 25.4 Å². The number of ether oxygens (including phenoxy) is 2. The smallest absolute Gasteiger partial charge is 0.425 e. The van der Waals surface area contributed by atoms with Crippen molar-refractivity contribution in [2.45, 2.75) is 58.8 Å². The molecule has 25 heavy (non-hydrogen) atoms. The molecule has 0 spiro atoms. The van der Waals surface area contributed by atoms with Gasteiger partial charge in [-0.15, -0.1) is 0 Å². The van der Waals surface area contributed by atoms with Crippen molar-refractivity contribution >= 4 is 11.9 Å². The van der Waals surface area contributed by atoms with Crippen LogP contribution in [0.3, 0.4) is 0 Å². The van der Waals surface area contributed by atoms with Gasteiger partial charge in [-0.3, -0.25) is 9.59 Å². The van der Waals surface area contributed by atoms with Crippen molar-refractivity contribution in [2.75, 3.05) is 13.2 Å². The van der Waals surface area contributed by atoms with Gasteiger partial charge in [0.25, 0.3) is 6.17 Å². The Labute approximate surface area is 141 Å². The van der Waals surface area contributed by atoms with Crippen LogP contribution in [0.5, 0.6) is 0 Å².